The number of methoxy groups -OCH3 is 1. The van der Waals surface area contributed by atoms with E-state index in [0.29, 0.717) is 18.4 Å². The SMILES string of the molecule is COc1cccc(-c2noc(NCCc3c(C)noc3C)n2)c1. The third-order valence-electron chi connectivity index (χ3n) is 3.59. The third-order valence-corrected chi connectivity index (χ3v) is 3.59. The maximum absolute atomic E-state index is 5.22. The minimum atomic E-state index is 0.384. The van der Waals surface area contributed by atoms with E-state index in [-0.39, 0.29) is 0 Å². The minimum Gasteiger partial charge on any atom is -0.497 e. The Kier molecular flexibility index (Phi) is 4.27. The Morgan fingerprint density at radius 1 is 1.17 bits per heavy atom. The first-order chi connectivity index (χ1) is 11.2. The van der Waals surface area contributed by atoms with Crippen molar-refractivity contribution in [1.82, 2.24) is 15.3 Å². The first kappa shape index (κ1) is 15.1. The van der Waals surface area contributed by atoms with Crippen LogP contribution < -0.4 is 10.1 Å². The first-order valence-electron chi connectivity index (χ1n) is 7.31. The molecule has 2 aromatic heterocycles. The highest BCUT2D eigenvalue weighted by Gasteiger charge is 2.11. The van der Waals surface area contributed by atoms with Crippen LogP contribution >= 0.6 is 0 Å². The molecule has 0 spiro atoms. The van der Waals surface area contributed by atoms with Gasteiger partial charge in [0.05, 0.1) is 12.8 Å². The van der Waals surface area contributed by atoms with Gasteiger partial charge in [-0.3, -0.25) is 0 Å². The van der Waals surface area contributed by atoms with E-state index in [1.54, 1.807) is 7.11 Å². The smallest absolute Gasteiger partial charge is 0.321 e. The third kappa shape index (κ3) is 3.33. The molecule has 0 unspecified atom stereocenters. The molecule has 2 heterocycles. The molecule has 0 radical (unpaired) electrons. The van der Waals surface area contributed by atoms with Gasteiger partial charge in [0, 0.05) is 17.7 Å². The number of nitrogens with one attached hydrogen (secondary N) is 1. The molecule has 0 saturated heterocycles. The minimum absolute atomic E-state index is 0.384. The zero-order valence-corrected chi connectivity index (χ0v) is 13.3. The Morgan fingerprint density at radius 2 is 2.04 bits per heavy atom. The second-order valence-corrected chi connectivity index (χ2v) is 5.13. The fraction of sp³-hybridized carbons (Fsp3) is 0.312. The maximum Gasteiger partial charge on any atom is 0.321 e. The molecule has 120 valence electrons. The number of ether oxygens (including phenoxy) is 1. The second-order valence-electron chi connectivity index (χ2n) is 5.13. The van der Waals surface area contributed by atoms with Crippen molar-refractivity contribution in [2.24, 2.45) is 0 Å². The van der Waals surface area contributed by atoms with Gasteiger partial charge < -0.3 is 19.1 Å². The van der Waals surface area contributed by atoms with Crippen LogP contribution in [0.2, 0.25) is 0 Å². The van der Waals surface area contributed by atoms with Gasteiger partial charge in [0.2, 0.25) is 5.82 Å². The summed E-state index contributed by atoms with van der Waals surface area (Å²) in [5.41, 5.74) is 2.85. The summed E-state index contributed by atoms with van der Waals surface area (Å²) in [4.78, 5) is 4.34. The normalized spacial score (nSPS) is 10.7. The molecule has 0 aliphatic rings. The fourth-order valence-electron chi connectivity index (χ4n) is 2.33. The van der Waals surface area contributed by atoms with Gasteiger partial charge in [0.25, 0.3) is 0 Å². The number of hydrogen-bond acceptors (Lipinski definition) is 7. The molecule has 23 heavy (non-hydrogen) atoms. The molecule has 7 nitrogen and oxygen atoms in total. The van der Waals surface area contributed by atoms with Crippen molar-refractivity contribution >= 4 is 6.01 Å². The van der Waals surface area contributed by atoms with Crippen molar-refractivity contribution in [2.75, 3.05) is 19.0 Å². The molecule has 3 aromatic rings. The van der Waals surface area contributed by atoms with Crippen molar-refractivity contribution in [3.8, 4) is 17.1 Å². The van der Waals surface area contributed by atoms with E-state index in [9.17, 15) is 0 Å². The van der Waals surface area contributed by atoms with Gasteiger partial charge in [-0.05, 0) is 32.4 Å². The van der Waals surface area contributed by atoms with Crippen LogP contribution in [-0.4, -0.2) is 29.0 Å². The Balaban J connectivity index is 1.63. The lowest BCUT2D eigenvalue weighted by molar-refractivity contribution is 0.392. The van der Waals surface area contributed by atoms with Gasteiger partial charge in [-0.2, -0.15) is 4.98 Å². The summed E-state index contributed by atoms with van der Waals surface area (Å²) in [6.45, 7) is 4.49. The predicted octanol–water partition coefficient (Wildman–Crippen LogP) is 3.00. The Bertz CT molecular complexity index is 775. The molecule has 0 amide bonds. The highest BCUT2D eigenvalue weighted by molar-refractivity contribution is 5.57. The first-order valence-corrected chi connectivity index (χ1v) is 7.31. The van der Waals surface area contributed by atoms with E-state index in [1.165, 1.54) is 0 Å². The van der Waals surface area contributed by atoms with Crippen molar-refractivity contribution in [3.63, 3.8) is 0 Å². The lowest BCUT2D eigenvalue weighted by atomic mass is 10.1. The second kappa shape index (κ2) is 6.51. The van der Waals surface area contributed by atoms with Crippen LogP contribution in [0, 0.1) is 13.8 Å². The number of rotatable bonds is 6. The lowest BCUT2D eigenvalue weighted by Gasteiger charge is -2.01. The number of aromatic nitrogens is 3. The summed E-state index contributed by atoms with van der Waals surface area (Å²) >= 11 is 0. The Labute approximate surface area is 133 Å². The molecule has 7 heteroatoms. The van der Waals surface area contributed by atoms with E-state index in [1.807, 2.05) is 38.1 Å². The zero-order chi connectivity index (χ0) is 16.2. The van der Waals surface area contributed by atoms with E-state index in [4.69, 9.17) is 13.8 Å². The monoisotopic (exact) mass is 314 g/mol. The van der Waals surface area contributed by atoms with Gasteiger partial charge in [-0.15, -0.1) is 0 Å². The lowest BCUT2D eigenvalue weighted by Crippen LogP contribution is -2.06. The number of benzene rings is 1. The molecule has 0 bridgehead atoms. The molecular weight excluding hydrogens is 296 g/mol. The summed E-state index contributed by atoms with van der Waals surface area (Å²) in [6, 6.07) is 7.90. The molecule has 0 saturated carbocycles. The molecular formula is C16H18N4O3. The highest BCUT2D eigenvalue weighted by atomic mass is 16.5. The van der Waals surface area contributed by atoms with Gasteiger partial charge in [-0.1, -0.05) is 22.4 Å². The van der Waals surface area contributed by atoms with E-state index >= 15 is 0 Å². The topological polar surface area (TPSA) is 86.2 Å². The Morgan fingerprint density at radius 3 is 2.78 bits per heavy atom. The average molecular weight is 314 g/mol. The number of nitrogens with zero attached hydrogens (tertiary/aromatic N) is 3. The molecule has 0 aliphatic heterocycles. The average Bonchev–Trinajstić information content (AvgIpc) is 3.16. The van der Waals surface area contributed by atoms with Crippen LogP contribution in [0.5, 0.6) is 5.75 Å². The predicted molar refractivity (Wildman–Crippen MR) is 84.5 cm³/mol. The molecule has 3 rings (SSSR count). The van der Waals surface area contributed by atoms with Crippen LogP contribution in [0.4, 0.5) is 6.01 Å². The van der Waals surface area contributed by atoms with Gasteiger partial charge in [0.15, 0.2) is 0 Å². The van der Waals surface area contributed by atoms with Crippen LogP contribution in [-0.2, 0) is 6.42 Å². The molecule has 0 fully saturated rings. The molecule has 0 atom stereocenters. The maximum atomic E-state index is 5.22. The van der Waals surface area contributed by atoms with E-state index < -0.39 is 0 Å². The van der Waals surface area contributed by atoms with Gasteiger partial charge in [0.1, 0.15) is 11.5 Å². The zero-order valence-electron chi connectivity index (χ0n) is 13.3. The Hall–Kier alpha value is -2.83. The van der Waals surface area contributed by atoms with Gasteiger partial charge in [-0.25, -0.2) is 0 Å². The molecule has 1 N–H and O–H groups in total. The summed E-state index contributed by atoms with van der Waals surface area (Å²) < 4.78 is 15.6. The van der Waals surface area contributed by atoms with Crippen LogP contribution in [0.15, 0.2) is 33.3 Å². The quantitative estimate of drug-likeness (QED) is 0.748. The number of anilines is 1. The van der Waals surface area contributed by atoms with Crippen molar-refractivity contribution in [2.45, 2.75) is 20.3 Å². The van der Waals surface area contributed by atoms with Crippen molar-refractivity contribution in [3.05, 3.63) is 41.3 Å². The fourth-order valence-corrected chi connectivity index (χ4v) is 2.33. The largest absolute Gasteiger partial charge is 0.497 e. The van der Waals surface area contributed by atoms with Gasteiger partial charge >= 0.3 is 6.01 Å². The highest BCUT2D eigenvalue weighted by Crippen LogP contribution is 2.22. The number of aryl methyl sites for hydroxylation is 2. The molecule has 0 aliphatic carbocycles. The van der Waals surface area contributed by atoms with Crippen LogP contribution in [0.3, 0.4) is 0 Å². The van der Waals surface area contributed by atoms with Crippen molar-refractivity contribution in [1.29, 1.82) is 0 Å². The standard InChI is InChI=1S/C16H18N4O3/c1-10-14(11(2)22-19-10)7-8-17-16-18-15(20-23-16)12-5-4-6-13(9-12)21-3/h4-6,9H,7-8H2,1-3H3,(H,17,18,20). The molecule has 1 aromatic carbocycles. The van der Waals surface area contributed by atoms with Crippen LogP contribution in [0.1, 0.15) is 17.0 Å². The summed E-state index contributed by atoms with van der Waals surface area (Å²) in [6.07, 6.45) is 0.776. The summed E-state index contributed by atoms with van der Waals surface area (Å²) in [5.74, 6) is 2.11. The van der Waals surface area contributed by atoms with Crippen LogP contribution in [0.25, 0.3) is 11.4 Å². The van der Waals surface area contributed by atoms with E-state index in [0.717, 1.165) is 34.8 Å². The van der Waals surface area contributed by atoms with E-state index in [2.05, 4.69) is 20.6 Å². The summed E-state index contributed by atoms with van der Waals surface area (Å²) in [7, 11) is 1.62. The van der Waals surface area contributed by atoms with Crippen molar-refractivity contribution < 1.29 is 13.8 Å². The number of hydrogen-bond donors (Lipinski definition) is 1. The summed E-state index contributed by atoms with van der Waals surface area (Å²) in [5, 5.41) is 11.0.